The molecular formula is C16H15N3OS. The Morgan fingerprint density at radius 2 is 2.29 bits per heavy atom. The number of amides is 1. The molecule has 1 amide bonds. The Kier molecular flexibility index (Phi) is 4.01. The molecule has 0 radical (unpaired) electrons. The normalized spacial score (nSPS) is 18.6. The summed E-state index contributed by atoms with van der Waals surface area (Å²) >= 11 is 1.39. The van der Waals surface area contributed by atoms with Crippen LogP contribution in [-0.4, -0.2) is 22.6 Å². The lowest BCUT2D eigenvalue weighted by Gasteiger charge is -1.99. The Morgan fingerprint density at radius 3 is 3.14 bits per heavy atom. The van der Waals surface area contributed by atoms with Gasteiger partial charge in [0.15, 0.2) is 5.17 Å². The van der Waals surface area contributed by atoms with Crippen LogP contribution in [0.4, 0.5) is 0 Å². The van der Waals surface area contributed by atoms with Gasteiger partial charge in [0, 0.05) is 18.1 Å². The van der Waals surface area contributed by atoms with Crippen molar-refractivity contribution in [2.75, 3.05) is 6.54 Å². The van der Waals surface area contributed by atoms with Crippen molar-refractivity contribution in [3.05, 3.63) is 47.0 Å². The number of hydrogen-bond donors (Lipinski definition) is 1. The Labute approximate surface area is 127 Å². The first kappa shape index (κ1) is 13.8. The first-order chi connectivity index (χ1) is 10.3. The molecule has 106 valence electrons. The highest BCUT2D eigenvalue weighted by molar-refractivity contribution is 8.18. The second kappa shape index (κ2) is 6.10. The maximum Gasteiger partial charge on any atom is 0.264 e. The summed E-state index contributed by atoms with van der Waals surface area (Å²) in [6.45, 7) is 2.79. The van der Waals surface area contributed by atoms with Crippen LogP contribution in [0.15, 0.2) is 46.4 Å². The molecule has 2 aromatic rings. The number of carbonyl (C=O) groups excluding carboxylic acids is 1. The monoisotopic (exact) mass is 297 g/mol. The molecule has 0 bridgehead atoms. The van der Waals surface area contributed by atoms with Gasteiger partial charge in [-0.15, -0.1) is 0 Å². The lowest BCUT2D eigenvalue weighted by Crippen LogP contribution is -2.19. The summed E-state index contributed by atoms with van der Waals surface area (Å²) in [7, 11) is 0. The molecule has 1 saturated heterocycles. The number of nitrogens with one attached hydrogen (secondary N) is 1. The van der Waals surface area contributed by atoms with Gasteiger partial charge in [-0.3, -0.25) is 14.8 Å². The van der Waals surface area contributed by atoms with Crippen molar-refractivity contribution in [1.29, 1.82) is 0 Å². The third-order valence-corrected chi connectivity index (χ3v) is 4.00. The molecule has 21 heavy (non-hydrogen) atoms. The van der Waals surface area contributed by atoms with E-state index < -0.39 is 0 Å². The maximum atomic E-state index is 11.9. The molecule has 1 fully saturated rings. The van der Waals surface area contributed by atoms with Crippen molar-refractivity contribution >= 4 is 39.8 Å². The predicted octanol–water partition coefficient (Wildman–Crippen LogP) is 3.20. The number of nitrogens with zero attached hydrogens (tertiary/aromatic N) is 2. The van der Waals surface area contributed by atoms with E-state index in [2.05, 4.69) is 22.2 Å². The molecule has 1 aliphatic heterocycles. The molecule has 1 aromatic carbocycles. The van der Waals surface area contributed by atoms with E-state index in [4.69, 9.17) is 0 Å². The van der Waals surface area contributed by atoms with Crippen molar-refractivity contribution < 1.29 is 4.79 Å². The molecule has 1 N–H and O–H groups in total. The van der Waals surface area contributed by atoms with Crippen LogP contribution in [0.3, 0.4) is 0 Å². The van der Waals surface area contributed by atoms with Crippen LogP contribution < -0.4 is 5.32 Å². The first-order valence-electron chi connectivity index (χ1n) is 6.86. The van der Waals surface area contributed by atoms with Gasteiger partial charge < -0.3 is 5.32 Å². The number of benzene rings is 1. The van der Waals surface area contributed by atoms with Gasteiger partial charge in [-0.25, -0.2) is 0 Å². The Bertz CT molecular complexity index is 752. The van der Waals surface area contributed by atoms with E-state index in [9.17, 15) is 4.79 Å². The van der Waals surface area contributed by atoms with Crippen LogP contribution in [-0.2, 0) is 4.79 Å². The van der Waals surface area contributed by atoms with E-state index in [0.29, 0.717) is 10.1 Å². The summed E-state index contributed by atoms with van der Waals surface area (Å²) in [5.74, 6) is -0.0823. The molecule has 0 aliphatic carbocycles. The molecule has 0 saturated carbocycles. The number of amidine groups is 1. The third kappa shape index (κ3) is 3.13. The topological polar surface area (TPSA) is 54.4 Å². The van der Waals surface area contributed by atoms with Gasteiger partial charge in [-0.1, -0.05) is 19.1 Å². The second-order valence-electron chi connectivity index (χ2n) is 4.71. The van der Waals surface area contributed by atoms with Crippen LogP contribution in [0, 0.1) is 0 Å². The molecule has 1 aromatic heterocycles. The molecule has 5 heteroatoms. The fourth-order valence-electron chi connectivity index (χ4n) is 2.05. The minimum Gasteiger partial charge on any atom is -0.301 e. The number of fused-ring (bicyclic) bond motifs is 1. The van der Waals surface area contributed by atoms with Crippen LogP contribution in [0.1, 0.15) is 18.9 Å². The molecule has 0 spiro atoms. The lowest BCUT2D eigenvalue weighted by molar-refractivity contribution is -0.115. The van der Waals surface area contributed by atoms with Gasteiger partial charge in [0.1, 0.15) is 0 Å². The fourth-order valence-corrected chi connectivity index (χ4v) is 2.90. The van der Waals surface area contributed by atoms with Gasteiger partial charge in [0.2, 0.25) is 0 Å². The summed E-state index contributed by atoms with van der Waals surface area (Å²) in [6.07, 6.45) is 4.63. The fraction of sp³-hybridized carbons (Fsp3) is 0.188. The summed E-state index contributed by atoms with van der Waals surface area (Å²) in [6, 6.07) is 9.89. The van der Waals surface area contributed by atoms with E-state index in [0.717, 1.165) is 29.4 Å². The average molecular weight is 297 g/mol. The van der Waals surface area contributed by atoms with Gasteiger partial charge in [-0.05, 0) is 48.0 Å². The molecule has 3 rings (SSSR count). The SMILES string of the molecule is CCCN=C1NC(=O)C(=Cc2ccc3ncccc3c2)S1. The third-order valence-electron chi connectivity index (χ3n) is 3.05. The maximum absolute atomic E-state index is 11.9. The molecule has 0 unspecified atom stereocenters. The molecule has 1 aliphatic rings. The Morgan fingerprint density at radius 1 is 1.38 bits per heavy atom. The van der Waals surface area contributed by atoms with Crippen molar-refractivity contribution in [2.45, 2.75) is 13.3 Å². The zero-order chi connectivity index (χ0) is 14.7. The van der Waals surface area contributed by atoms with E-state index in [1.54, 1.807) is 6.20 Å². The van der Waals surface area contributed by atoms with Gasteiger partial charge in [0.05, 0.1) is 10.4 Å². The van der Waals surface area contributed by atoms with E-state index >= 15 is 0 Å². The van der Waals surface area contributed by atoms with Crippen molar-refractivity contribution in [3.63, 3.8) is 0 Å². The molecule has 2 heterocycles. The van der Waals surface area contributed by atoms with Crippen LogP contribution in [0.25, 0.3) is 17.0 Å². The van der Waals surface area contributed by atoms with Crippen LogP contribution in [0.2, 0.25) is 0 Å². The minimum absolute atomic E-state index is 0.0823. The zero-order valence-corrected chi connectivity index (χ0v) is 12.5. The van der Waals surface area contributed by atoms with Crippen molar-refractivity contribution in [1.82, 2.24) is 10.3 Å². The number of rotatable bonds is 3. The molecule has 0 atom stereocenters. The average Bonchev–Trinajstić information content (AvgIpc) is 2.85. The van der Waals surface area contributed by atoms with Gasteiger partial charge in [0.25, 0.3) is 5.91 Å². The highest BCUT2D eigenvalue weighted by Gasteiger charge is 2.23. The summed E-state index contributed by atoms with van der Waals surface area (Å²) in [5, 5.41) is 4.54. The Hall–Kier alpha value is -2.14. The van der Waals surface area contributed by atoms with Gasteiger partial charge in [-0.2, -0.15) is 0 Å². The molecule has 4 nitrogen and oxygen atoms in total. The number of carbonyl (C=O) groups is 1. The number of aliphatic imine (C=N–C) groups is 1. The first-order valence-corrected chi connectivity index (χ1v) is 7.68. The van der Waals surface area contributed by atoms with E-state index in [-0.39, 0.29) is 5.91 Å². The lowest BCUT2D eigenvalue weighted by atomic mass is 10.1. The standard InChI is InChI=1S/C16H15N3OS/c1-2-7-18-16-19-15(20)14(21-16)10-11-5-6-13-12(9-11)4-3-8-17-13/h3-6,8-10H,2,7H2,1H3,(H,18,19,20). The van der Waals surface area contributed by atoms with Crippen molar-refractivity contribution in [2.24, 2.45) is 4.99 Å². The zero-order valence-electron chi connectivity index (χ0n) is 11.7. The predicted molar refractivity (Wildman–Crippen MR) is 88.0 cm³/mol. The summed E-state index contributed by atoms with van der Waals surface area (Å²) < 4.78 is 0. The largest absolute Gasteiger partial charge is 0.301 e. The summed E-state index contributed by atoms with van der Waals surface area (Å²) in [4.78, 5) is 21.2. The molecular weight excluding hydrogens is 282 g/mol. The number of hydrogen-bond acceptors (Lipinski definition) is 4. The van der Waals surface area contributed by atoms with Crippen molar-refractivity contribution in [3.8, 4) is 0 Å². The van der Waals surface area contributed by atoms with Gasteiger partial charge >= 0.3 is 0 Å². The van der Waals surface area contributed by atoms with E-state index in [1.807, 2.05) is 36.4 Å². The number of pyridine rings is 1. The van der Waals surface area contributed by atoms with Crippen LogP contribution >= 0.6 is 11.8 Å². The second-order valence-corrected chi connectivity index (χ2v) is 5.74. The highest BCUT2D eigenvalue weighted by atomic mass is 32.2. The smallest absolute Gasteiger partial charge is 0.264 e. The number of thioether (sulfide) groups is 1. The Balaban J connectivity index is 1.88. The van der Waals surface area contributed by atoms with Crippen LogP contribution in [0.5, 0.6) is 0 Å². The number of aromatic nitrogens is 1. The highest BCUT2D eigenvalue weighted by Crippen LogP contribution is 2.26. The summed E-state index contributed by atoms with van der Waals surface area (Å²) in [5.41, 5.74) is 1.94. The quantitative estimate of drug-likeness (QED) is 0.885. The minimum atomic E-state index is -0.0823. The van der Waals surface area contributed by atoms with E-state index in [1.165, 1.54) is 11.8 Å².